The number of hydrogen-bond acceptors (Lipinski definition) is 4. The Morgan fingerprint density at radius 2 is 0.941 bits per heavy atom. The Morgan fingerprint density at radius 1 is 0.368 bits per heavy atom. The minimum absolute atomic E-state index is 0.0387. The van der Waals surface area contributed by atoms with Crippen molar-refractivity contribution >= 4 is 119 Å². The summed E-state index contributed by atoms with van der Waals surface area (Å²) in [6.07, 6.45) is 0. The van der Waals surface area contributed by atoms with Crippen molar-refractivity contribution in [2.24, 2.45) is 0 Å². The highest BCUT2D eigenvalue weighted by Crippen LogP contribution is 2.50. The number of aromatic nitrogens is 2. The lowest BCUT2D eigenvalue weighted by atomic mass is 9.31. The van der Waals surface area contributed by atoms with Crippen molar-refractivity contribution in [2.75, 3.05) is 4.90 Å². The van der Waals surface area contributed by atoms with Gasteiger partial charge in [0, 0.05) is 66.3 Å². The number of ether oxygens (including phenoxy) is 2. The summed E-state index contributed by atoms with van der Waals surface area (Å²) in [5.41, 5.74) is 17.5. The summed E-state index contributed by atoms with van der Waals surface area (Å²) < 4.78 is 19.4. The Balaban J connectivity index is 1.03. The van der Waals surface area contributed by atoms with E-state index in [1.165, 1.54) is 53.7 Å². The van der Waals surface area contributed by atoms with Gasteiger partial charge in [-0.25, -0.2) is 0 Å². The second-order valence-electron chi connectivity index (χ2n) is 18.3. The molecule has 0 spiro atoms. The molecule has 16 rings (SSSR count). The largest absolute Gasteiger partial charge is 0.458 e. The molecule has 4 aliphatic rings. The Kier molecular flexibility index (Phi) is 7.39. The van der Waals surface area contributed by atoms with Crippen LogP contribution in [0.15, 0.2) is 222 Å². The van der Waals surface area contributed by atoms with E-state index in [4.69, 9.17) is 9.47 Å². The molecular weight excluding hydrogens is 848 g/mol. The number of anilines is 3. The normalized spacial score (nSPS) is 13.7. The lowest BCUT2D eigenvalue weighted by molar-refractivity contribution is 0.468. The van der Waals surface area contributed by atoms with Gasteiger partial charge in [-0.05, 0) is 88.6 Å². The van der Waals surface area contributed by atoms with Crippen LogP contribution >= 0.6 is 11.8 Å². The van der Waals surface area contributed by atoms with Crippen LogP contribution in [0, 0.1) is 0 Å². The second kappa shape index (κ2) is 13.6. The molecule has 6 heterocycles. The number of benzene rings is 10. The Bertz CT molecular complexity index is 4150. The van der Waals surface area contributed by atoms with Crippen LogP contribution in [0.3, 0.4) is 0 Å². The molecule has 0 N–H and O–H groups in total. The molecule has 0 saturated heterocycles. The van der Waals surface area contributed by atoms with Gasteiger partial charge in [0.2, 0.25) is 6.71 Å². The summed E-state index contributed by atoms with van der Waals surface area (Å²) in [7, 11) is 0. The van der Waals surface area contributed by atoms with Crippen molar-refractivity contribution in [3.05, 3.63) is 212 Å². The monoisotopic (exact) mass is 883 g/mol. The highest BCUT2D eigenvalue weighted by molar-refractivity contribution is 8.00. The van der Waals surface area contributed by atoms with Crippen LogP contribution in [0.25, 0.3) is 55.0 Å². The summed E-state index contributed by atoms with van der Waals surface area (Å²) in [4.78, 5) is 5.10. The lowest BCUT2D eigenvalue weighted by Gasteiger charge is -2.42. The maximum absolute atomic E-state index is 7.44. The molecule has 0 atom stereocenters. The van der Waals surface area contributed by atoms with Gasteiger partial charge in [0.25, 0.3) is 6.71 Å². The molecule has 0 saturated carbocycles. The average Bonchev–Trinajstić information content (AvgIpc) is 3.91. The Labute approximate surface area is 396 Å². The molecule has 2 aromatic heterocycles. The summed E-state index contributed by atoms with van der Waals surface area (Å²) >= 11 is 1.90. The third-order valence-corrected chi connectivity index (χ3v) is 16.0. The fraction of sp³-hybridized carbons (Fsp3) is 0. The number of fused-ring (bicyclic) bond motifs is 16. The zero-order valence-electron chi connectivity index (χ0n) is 36.4. The first-order chi connectivity index (χ1) is 33.8. The van der Waals surface area contributed by atoms with Gasteiger partial charge in [-0.3, -0.25) is 0 Å². The lowest BCUT2D eigenvalue weighted by Crippen LogP contribution is -2.63. The predicted octanol–water partition coefficient (Wildman–Crippen LogP) is 11.4. The van der Waals surface area contributed by atoms with Crippen molar-refractivity contribution in [2.45, 2.75) is 9.79 Å². The molecule has 8 heteroatoms. The zero-order chi connectivity index (χ0) is 44.2. The van der Waals surface area contributed by atoms with Crippen LogP contribution in [0.4, 0.5) is 17.1 Å². The van der Waals surface area contributed by atoms with Crippen molar-refractivity contribution in [1.82, 2.24) is 9.13 Å². The highest BCUT2D eigenvalue weighted by Gasteiger charge is 2.47. The van der Waals surface area contributed by atoms with Crippen LogP contribution in [-0.2, 0) is 0 Å². The van der Waals surface area contributed by atoms with E-state index in [9.17, 15) is 0 Å². The third-order valence-electron chi connectivity index (χ3n) is 14.8. The van der Waals surface area contributed by atoms with Gasteiger partial charge in [0.15, 0.2) is 0 Å². The van der Waals surface area contributed by atoms with Gasteiger partial charge in [0.05, 0.1) is 33.1 Å². The smallest absolute Gasteiger partial charge is 0.260 e. The molecule has 0 fully saturated rings. The van der Waals surface area contributed by atoms with Gasteiger partial charge in [-0.15, -0.1) is 0 Å². The van der Waals surface area contributed by atoms with Gasteiger partial charge >= 0.3 is 0 Å². The fourth-order valence-corrected chi connectivity index (χ4v) is 13.4. The van der Waals surface area contributed by atoms with Gasteiger partial charge in [0.1, 0.15) is 23.0 Å². The minimum Gasteiger partial charge on any atom is -0.458 e. The number of hydrogen-bond donors (Lipinski definition) is 0. The minimum atomic E-state index is -0.132. The Morgan fingerprint density at radius 3 is 1.66 bits per heavy atom. The third kappa shape index (κ3) is 4.84. The van der Waals surface area contributed by atoms with Crippen LogP contribution in [-0.4, -0.2) is 22.6 Å². The van der Waals surface area contributed by atoms with Crippen LogP contribution in [0.1, 0.15) is 0 Å². The topological polar surface area (TPSA) is 31.6 Å². The van der Waals surface area contributed by atoms with Crippen LogP contribution in [0.2, 0.25) is 0 Å². The van der Waals surface area contributed by atoms with Gasteiger partial charge in [-0.2, -0.15) is 0 Å². The molecule has 314 valence electrons. The summed E-state index contributed by atoms with van der Waals surface area (Å²) in [6, 6.07) is 77.3. The van der Waals surface area contributed by atoms with Crippen molar-refractivity contribution in [1.29, 1.82) is 0 Å². The fourth-order valence-electron chi connectivity index (χ4n) is 12.2. The highest BCUT2D eigenvalue weighted by atomic mass is 32.2. The van der Waals surface area contributed by atoms with E-state index in [-0.39, 0.29) is 13.4 Å². The molecule has 0 amide bonds. The molecule has 68 heavy (non-hydrogen) atoms. The maximum atomic E-state index is 7.44. The van der Waals surface area contributed by atoms with E-state index >= 15 is 0 Å². The van der Waals surface area contributed by atoms with Crippen molar-refractivity contribution in [3.8, 4) is 34.4 Å². The molecule has 0 radical (unpaired) electrons. The summed E-state index contributed by atoms with van der Waals surface area (Å²) in [6.45, 7) is -0.170. The molecule has 0 unspecified atom stereocenters. The maximum Gasteiger partial charge on any atom is 0.260 e. The quantitative estimate of drug-likeness (QED) is 0.166. The first-order valence-corrected chi connectivity index (χ1v) is 24.1. The first-order valence-electron chi connectivity index (χ1n) is 23.3. The molecule has 0 bridgehead atoms. The Hall–Kier alpha value is -8.32. The van der Waals surface area contributed by atoms with E-state index in [2.05, 4.69) is 226 Å². The second-order valence-corrected chi connectivity index (χ2v) is 19.4. The van der Waals surface area contributed by atoms with Gasteiger partial charge < -0.3 is 23.5 Å². The molecular formula is C60H35B2N3O2S. The number of para-hydroxylation sites is 6. The SMILES string of the molecule is c1ccc(N2c3cc4c(cc3B3c5ccccc5Sc5cc6c(c2c53)c2ccccc2n6-c2ccccc2)B2c3ccccc3Oc3c2c(cc2c3c3ccccc3n2-c2ccccc2)O4)cc1. The van der Waals surface area contributed by atoms with E-state index in [1.54, 1.807) is 0 Å². The van der Waals surface area contributed by atoms with E-state index in [0.717, 1.165) is 83.9 Å². The summed E-state index contributed by atoms with van der Waals surface area (Å²) in [5, 5.41) is 4.71. The molecule has 10 aromatic carbocycles. The predicted molar refractivity (Wildman–Crippen MR) is 283 cm³/mol. The van der Waals surface area contributed by atoms with Crippen LogP contribution in [0.5, 0.6) is 23.0 Å². The summed E-state index contributed by atoms with van der Waals surface area (Å²) in [5.74, 6) is 3.41. The van der Waals surface area contributed by atoms with Gasteiger partial charge in [-0.1, -0.05) is 151 Å². The average molecular weight is 884 g/mol. The van der Waals surface area contributed by atoms with Crippen molar-refractivity contribution < 1.29 is 9.47 Å². The zero-order valence-corrected chi connectivity index (χ0v) is 37.2. The number of nitrogens with zero attached hydrogens (tertiary/aromatic N) is 3. The molecule has 5 nitrogen and oxygen atoms in total. The molecule has 0 aliphatic carbocycles. The molecule has 12 aromatic rings. The first kappa shape index (κ1) is 36.8. The van der Waals surface area contributed by atoms with E-state index in [0.29, 0.717) is 0 Å². The molecule has 4 aliphatic heterocycles. The standard InChI is InChI=1S/C60H35B2N3O2S/c1-4-18-36(19-5-1)63-46-29-15-11-25-40(46)56-48(63)34-52-57-60(56)67-50-30-16-12-26-41(50)61(57)44-32-43-47(33-51(44)66-52)65(38-22-8-3-9-23-38)59-55-39-24-10-14-28-45(39)64(37-20-6-2-7-21-37)49(55)35-54-58(59)62(43)42-27-13-17-31-53(42)68-54/h1-35H. The van der Waals surface area contributed by atoms with E-state index in [1.807, 2.05) is 11.8 Å². The number of rotatable bonds is 3. The van der Waals surface area contributed by atoms with Crippen molar-refractivity contribution in [3.63, 3.8) is 0 Å². The van der Waals surface area contributed by atoms with Crippen LogP contribution < -0.4 is 47.2 Å². The van der Waals surface area contributed by atoms with E-state index < -0.39 is 0 Å².